The highest BCUT2D eigenvalue weighted by atomic mass is 32.1. The van der Waals surface area contributed by atoms with Gasteiger partial charge in [0.15, 0.2) is 0 Å². The van der Waals surface area contributed by atoms with E-state index in [1.54, 1.807) is 0 Å². The van der Waals surface area contributed by atoms with Gasteiger partial charge in [-0.1, -0.05) is 30.5 Å². The molecule has 0 aliphatic heterocycles. The van der Waals surface area contributed by atoms with Crippen molar-refractivity contribution in [2.75, 3.05) is 6.54 Å². The highest BCUT2D eigenvalue weighted by Gasteiger charge is 2.24. The Morgan fingerprint density at radius 1 is 1.29 bits per heavy atom. The van der Waals surface area contributed by atoms with Gasteiger partial charge in [-0.15, -0.1) is 5.10 Å². The Bertz CT molecular complexity index is 577. The fraction of sp³-hybridized carbons (Fsp3) is 0.500. The normalized spacial score (nSPS) is 15.9. The summed E-state index contributed by atoms with van der Waals surface area (Å²) >= 11 is 1.49. The number of ether oxygens (including phenoxy) is 1. The Balaban J connectivity index is 1.82. The van der Waals surface area contributed by atoms with Gasteiger partial charge < -0.3 is 10.1 Å². The molecule has 1 atom stereocenters. The molecule has 21 heavy (non-hydrogen) atoms. The highest BCUT2D eigenvalue weighted by Crippen LogP contribution is 2.30. The third-order valence-corrected chi connectivity index (χ3v) is 4.46. The quantitative estimate of drug-likeness (QED) is 0.852. The lowest BCUT2D eigenvalue weighted by Gasteiger charge is -2.18. The molecule has 1 N–H and O–H groups in total. The molecule has 1 saturated carbocycles. The number of nitrogens with one attached hydrogen (secondary N) is 1. The van der Waals surface area contributed by atoms with E-state index in [4.69, 9.17) is 4.74 Å². The van der Waals surface area contributed by atoms with Gasteiger partial charge in [0.25, 0.3) is 0 Å². The van der Waals surface area contributed by atoms with E-state index in [2.05, 4.69) is 53.0 Å². The van der Waals surface area contributed by atoms with Crippen LogP contribution < -0.4 is 10.1 Å². The number of aromatic nitrogens is 2. The smallest absolute Gasteiger partial charge is 0.119 e. The van der Waals surface area contributed by atoms with Crippen LogP contribution in [0.15, 0.2) is 24.3 Å². The molecular formula is C16H21N3OS. The molecule has 1 unspecified atom stereocenters. The van der Waals surface area contributed by atoms with Crippen molar-refractivity contribution in [3.05, 3.63) is 40.4 Å². The van der Waals surface area contributed by atoms with Gasteiger partial charge in [-0.3, -0.25) is 0 Å². The number of hydrogen-bond donors (Lipinski definition) is 1. The van der Waals surface area contributed by atoms with Gasteiger partial charge in [0.1, 0.15) is 5.75 Å². The first-order chi connectivity index (χ1) is 10.3. The number of aryl methyl sites for hydroxylation is 1. The van der Waals surface area contributed by atoms with Gasteiger partial charge in [-0.2, -0.15) is 0 Å². The van der Waals surface area contributed by atoms with Gasteiger partial charge in [0, 0.05) is 0 Å². The lowest BCUT2D eigenvalue weighted by atomic mass is 10.0. The van der Waals surface area contributed by atoms with E-state index in [1.807, 2.05) is 0 Å². The van der Waals surface area contributed by atoms with Crippen LogP contribution in [0, 0.1) is 0 Å². The second-order valence-corrected chi connectivity index (χ2v) is 6.10. The van der Waals surface area contributed by atoms with Crippen molar-refractivity contribution in [2.24, 2.45) is 0 Å². The lowest BCUT2D eigenvalue weighted by molar-refractivity contribution is 0.303. The minimum absolute atomic E-state index is 0.167. The van der Waals surface area contributed by atoms with Crippen molar-refractivity contribution in [1.29, 1.82) is 0 Å². The molecule has 5 heteroatoms. The summed E-state index contributed by atoms with van der Waals surface area (Å²) in [6, 6.07) is 8.59. The van der Waals surface area contributed by atoms with Gasteiger partial charge in [-0.05, 0) is 55.0 Å². The van der Waals surface area contributed by atoms with Gasteiger partial charge in [-0.25, -0.2) is 0 Å². The molecule has 1 aromatic carbocycles. The summed E-state index contributed by atoms with van der Waals surface area (Å²) in [4.78, 5) is 1.22. The molecule has 1 aliphatic carbocycles. The minimum Gasteiger partial charge on any atom is -0.490 e. The Kier molecular flexibility index (Phi) is 4.51. The van der Waals surface area contributed by atoms with E-state index in [9.17, 15) is 0 Å². The van der Waals surface area contributed by atoms with Crippen molar-refractivity contribution < 1.29 is 4.74 Å². The monoisotopic (exact) mass is 303 g/mol. The third kappa shape index (κ3) is 3.41. The van der Waals surface area contributed by atoms with Crippen molar-refractivity contribution >= 4 is 11.5 Å². The molecule has 112 valence electrons. The molecule has 4 nitrogen and oxygen atoms in total. The summed E-state index contributed by atoms with van der Waals surface area (Å²) in [5.74, 6) is 0.967. The number of rotatable bonds is 7. The maximum Gasteiger partial charge on any atom is 0.119 e. The van der Waals surface area contributed by atoms with Crippen LogP contribution in [0.4, 0.5) is 0 Å². The lowest BCUT2D eigenvalue weighted by Crippen LogP contribution is -2.22. The molecule has 0 saturated heterocycles. The first-order valence-electron chi connectivity index (χ1n) is 7.63. The molecule has 1 heterocycles. The summed E-state index contributed by atoms with van der Waals surface area (Å²) in [6.07, 6.45) is 3.73. The zero-order chi connectivity index (χ0) is 14.7. The van der Waals surface area contributed by atoms with Crippen molar-refractivity contribution in [3.63, 3.8) is 0 Å². The maximum atomic E-state index is 5.81. The minimum atomic E-state index is 0.167. The molecule has 0 radical (unpaired) electrons. The van der Waals surface area contributed by atoms with Crippen LogP contribution in [-0.2, 0) is 6.42 Å². The maximum absolute atomic E-state index is 5.81. The molecule has 1 aromatic heterocycles. The van der Waals surface area contributed by atoms with Crippen LogP contribution in [0.1, 0.15) is 48.9 Å². The second-order valence-electron chi connectivity index (χ2n) is 5.31. The van der Waals surface area contributed by atoms with Crippen LogP contribution in [-0.4, -0.2) is 22.2 Å². The average Bonchev–Trinajstić information content (AvgIpc) is 3.20. The van der Waals surface area contributed by atoms with Gasteiger partial charge >= 0.3 is 0 Å². The summed E-state index contributed by atoms with van der Waals surface area (Å²) in [5.41, 5.74) is 2.32. The van der Waals surface area contributed by atoms with E-state index >= 15 is 0 Å². The average molecular weight is 303 g/mol. The van der Waals surface area contributed by atoms with E-state index in [1.165, 1.54) is 34.8 Å². The first kappa shape index (κ1) is 14.5. The van der Waals surface area contributed by atoms with Gasteiger partial charge in [0.2, 0.25) is 0 Å². The summed E-state index contributed by atoms with van der Waals surface area (Å²) < 4.78 is 9.93. The topological polar surface area (TPSA) is 47.0 Å². The standard InChI is InChI=1S/C16H21N3OS/c1-3-14-16(21-19-18-14)15(17-4-2)11-5-7-12(8-6-11)20-13-9-10-13/h5-8,13,15,17H,3-4,9-10H2,1-2H3. The second kappa shape index (κ2) is 6.54. The fourth-order valence-electron chi connectivity index (χ4n) is 2.36. The molecule has 1 aliphatic rings. The Labute approximate surface area is 129 Å². The first-order valence-corrected chi connectivity index (χ1v) is 8.40. The van der Waals surface area contributed by atoms with E-state index in [-0.39, 0.29) is 6.04 Å². The fourth-order valence-corrected chi connectivity index (χ4v) is 3.21. The van der Waals surface area contributed by atoms with Crippen molar-refractivity contribution in [1.82, 2.24) is 14.9 Å². The predicted octanol–water partition coefficient (Wildman–Crippen LogP) is 3.34. The molecule has 3 rings (SSSR count). The van der Waals surface area contributed by atoms with Crippen LogP contribution >= 0.6 is 11.5 Å². The Hall–Kier alpha value is -1.46. The van der Waals surface area contributed by atoms with E-state index < -0.39 is 0 Å². The SMILES string of the molecule is CCNC(c1ccc(OC2CC2)cc1)c1snnc1CC. The van der Waals surface area contributed by atoms with E-state index in [0.29, 0.717) is 6.10 Å². The largest absolute Gasteiger partial charge is 0.490 e. The van der Waals surface area contributed by atoms with Crippen molar-refractivity contribution in [3.8, 4) is 5.75 Å². The van der Waals surface area contributed by atoms with Crippen LogP contribution in [0.3, 0.4) is 0 Å². The number of hydrogen-bond acceptors (Lipinski definition) is 5. The summed E-state index contributed by atoms with van der Waals surface area (Å²) in [7, 11) is 0. The molecular weight excluding hydrogens is 282 g/mol. The zero-order valence-electron chi connectivity index (χ0n) is 12.5. The molecule has 0 spiro atoms. The Morgan fingerprint density at radius 3 is 2.67 bits per heavy atom. The summed E-state index contributed by atoms with van der Waals surface area (Å²) in [5, 5.41) is 7.77. The molecule has 2 aromatic rings. The summed E-state index contributed by atoms with van der Waals surface area (Å²) in [6.45, 7) is 5.15. The van der Waals surface area contributed by atoms with Crippen LogP contribution in [0.5, 0.6) is 5.75 Å². The van der Waals surface area contributed by atoms with Crippen LogP contribution in [0.25, 0.3) is 0 Å². The Morgan fingerprint density at radius 2 is 2.05 bits per heavy atom. The third-order valence-electron chi connectivity index (χ3n) is 3.63. The number of nitrogens with zero attached hydrogens (tertiary/aromatic N) is 2. The van der Waals surface area contributed by atoms with Crippen LogP contribution in [0.2, 0.25) is 0 Å². The number of benzene rings is 1. The molecule has 0 amide bonds. The molecule has 0 bridgehead atoms. The van der Waals surface area contributed by atoms with Crippen molar-refractivity contribution in [2.45, 2.75) is 45.3 Å². The zero-order valence-corrected chi connectivity index (χ0v) is 13.3. The molecule has 1 fully saturated rings. The predicted molar refractivity (Wildman–Crippen MR) is 84.9 cm³/mol. The highest BCUT2D eigenvalue weighted by molar-refractivity contribution is 7.05. The van der Waals surface area contributed by atoms with Gasteiger partial charge in [0.05, 0.1) is 22.7 Å². The van der Waals surface area contributed by atoms with E-state index in [0.717, 1.165) is 24.4 Å².